The lowest BCUT2D eigenvalue weighted by Gasteiger charge is -2.33. The van der Waals surface area contributed by atoms with Gasteiger partial charge in [-0.15, -0.1) is 11.3 Å². The molecule has 196 valence electrons. The molecule has 0 spiro atoms. The van der Waals surface area contributed by atoms with Crippen LogP contribution in [0.5, 0.6) is 0 Å². The third-order valence-corrected chi connectivity index (χ3v) is 8.66. The summed E-state index contributed by atoms with van der Waals surface area (Å²) in [6.45, 7) is 0.472. The van der Waals surface area contributed by atoms with Crippen LogP contribution in [0.15, 0.2) is 47.1 Å². The Labute approximate surface area is 227 Å². The zero-order chi connectivity index (χ0) is 26.3. The number of carbonyl (C=O) groups is 2. The molecule has 1 saturated carbocycles. The number of nitrogens with zero attached hydrogens (tertiary/aromatic N) is 2. The van der Waals surface area contributed by atoms with E-state index in [0.717, 1.165) is 31.2 Å². The quantitative estimate of drug-likeness (QED) is 0.447. The molecule has 3 heterocycles. The van der Waals surface area contributed by atoms with Crippen LogP contribution < -0.4 is 5.32 Å². The second-order valence-electron chi connectivity index (χ2n) is 9.65. The number of hydrogen-bond donors (Lipinski definition) is 2. The van der Waals surface area contributed by atoms with Gasteiger partial charge in [0, 0.05) is 35.6 Å². The average Bonchev–Trinajstić information content (AvgIpc) is 3.41. The summed E-state index contributed by atoms with van der Waals surface area (Å²) in [5, 5.41) is 16.3. The molecule has 5 rings (SSSR count). The first kappa shape index (κ1) is 26.3. The summed E-state index contributed by atoms with van der Waals surface area (Å²) in [5.74, 6) is -0.802. The molecule has 1 unspecified atom stereocenters. The molecular formula is C26H25Cl2F2N3O3S. The Morgan fingerprint density at radius 1 is 1.27 bits per heavy atom. The number of allylic oxidation sites excluding steroid dienone is 2. The van der Waals surface area contributed by atoms with E-state index in [1.54, 1.807) is 16.3 Å². The van der Waals surface area contributed by atoms with E-state index in [0.29, 0.717) is 41.3 Å². The molecule has 3 aliphatic rings. The van der Waals surface area contributed by atoms with Crippen molar-refractivity contribution in [1.82, 2.24) is 15.2 Å². The third kappa shape index (κ3) is 4.94. The molecule has 0 saturated heterocycles. The van der Waals surface area contributed by atoms with Gasteiger partial charge in [0.1, 0.15) is 5.69 Å². The van der Waals surface area contributed by atoms with Crippen LogP contribution in [-0.4, -0.2) is 39.4 Å². The number of aliphatic hydroxyl groups is 1. The van der Waals surface area contributed by atoms with Crippen LogP contribution in [0.3, 0.4) is 0 Å². The SMILES string of the molecule is O=C(NC1CCC(CN2C(=O)C(O)(c3csc(Cl)c3)C3=C2CCC=C3)CC1)c1cc(Cl)cnc1C(F)F. The van der Waals surface area contributed by atoms with Crippen molar-refractivity contribution in [2.24, 2.45) is 5.92 Å². The highest BCUT2D eigenvalue weighted by molar-refractivity contribution is 7.14. The fourth-order valence-electron chi connectivity index (χ4n) is 5.48. The number of alkyl halides is 2. The van der Waals surface area contributed by atoms with Gasteiger partial charge in [-0.3, -0.25) is 14.6 Å². The Morgan fingerprint density at radius 3 is 2.70 bits per heavy atom. The summed E-state index contributed by atoms with van der Waals surface area (Å²) >= 11 is 13.3. The maximum absolute atomic E-state index is 13.6. The van der Waals surface area contributed by atoms with Crippen LogP contribution in [0.2, 0.25) is 9.36 Å². The van der Waals surface area contributed by atoms with E-state index in [4.69, 9.17) is 23.2 Å². The summed E-state index contributed by atoms with van der Waals surface area (Å²) in [4.78, 5) is 31.6. The zero-order valence-electron chi connectivity index (χ0n) is 19.7. The van der Waals surface area contributed by atoms with Crippen LogP contribution >= 0.6 is 34.5 Å². The minimum atomic E-state index is -2.88. The molecule has 2 amide bonds. The van der Waals surface area contributed by atoms with Crippen molar-refractivity contribution in [3.63, 3.8) is 0 Å². The Balaban J connectivity index is 1.25. The molecule has 11 heteroatoms. The molecule has 1 aliphatic heterocycles. The number of halogens is 4. The Bertz CT molecular complexity index is 1290. The monoisotopic (exact) mass is 567 g/mol. The van der Waals surface area contributed by atoms with E-state index in [9.17, 15) is 23.5 Å². The summed E-state index contributed by atoms with van der Waals surface area (Å²) in [5.41, 5.74) is -0.601. The van der Waals surface area contributed by atoms with E-state index >= 15 is 0 Å². The average molecular weight is 568 g/mol. The molecule has 37 heavy (non-hydrogen) atoms. The van der Waals surface area contributed by atoms with E-state index in [2.05, 4.69) is 10.3 Å². The maximum atomic E-state index is 13.6. The summed E-state index contributed by atoms with van der Waals surface area (Å²) in [6.07, 6.45) is 6.26. The molecule has 0 radical (unpaired) electrons. The lowest BCUT2D eigenvalue weighted by Crippen LogP contribution is -2.43. The number of hydrogen-bond acceptors (Lipinski definition) is 5. The van der Waals surface area contributed by atoms with Gasteiger partial charge in [0.25, 0.3) is 18.2 Å². The van der Waals surface area contributed by atoms with Crippen molar-refractivity contribution >= 4 is 46.4 Å². The van der Waals surface area contributed by atoms with Gasteiger partial charge in [-0.05, 0) is 62.0 Å². The molecule has 0 bridgehead atoms. The predicted molar refractivity (Wildman–Crippen MR) is 138 cm³/mol. The van der Waals surface area contributed by atoms with E-state index in [1.807, 2.05) is 12.2 Å². The molecule has 2 aromatic rings. The smallest absolute Gasteiger partial charge is 0.281 e. The fraction of sp³-hybridized carbons (Fsp3) is 0.423. The lowest BCUT2D eigenvalue weighted by atomic mass is 9.85. The number of nitrogens with one attached hydrogen (secondary N) is 1. The van der Waals surface area contributed by atoms with Crippen molar-refractivity contribution in [1.29, 1.82) is 0 Å². The standard InChI is InChI=1S/C26H25Cl2F2N3O3S/c27-16-10-18(22(23(29)30)31-11-16)24(34)32-17-7-5-14(6-8-17)12-33-20-4-2-1-3-19(20)26(36,25(33)35)15-9-21(28)37-13-15/h1,3,9-11,13-14,17,23,36H,2,4-8,12H2,(H,32,34). The van der Waals surface area contributed by atoms with Gasteiger partial charge in [-0.2, -0.15) is 0 Å². The molecular weight excluding hydrogens is 543 g/mol. The number of rotatable bonds is 6. The van der Waals surface area contributed by atoms with Gasteiger partial charge in [-0.25, -0.2) is 8.78 Å². The largest absolute Gasteiger partial charge is 0.372 e. The minimum absolute atomic E-state index is 0.115. The first-order chi connectivity index (χ1) is 17.7. The van der Waals surface area contributed by atoms with Crippen molar-refractivity contribution in [3.8, 4) is 0 Å². The number of carbonyl (C=O) groups excluding carboxylic acids is 2. The minimum Gasteiger partial charge on any atom is -0.372 e. The van der Waals surface area contributed by atoms with Crippen LogP contribution in [0.1, 0.15) is 66.6 Å². The van der Waals surface area contributed by atoms with Crippen LogP contribution in [-0.2, 0) is 10.4 Å². The van der Waals surface area contributed by atoms with Gasteiger partial charge < -0.3 is 15.3 Å². The van der Waals surface area contributed by atoms with E-state index < -0.39 is 23.6 Å². The zero-order valence-corrected chi connectivity index (χ0v) is 22.1. The van der Waals surface area contributed by atoms with Crippen molar-refractivity contribution in [2.45, 2.75) is 56.6 Å². The number of amides is 2. The first-order valence-corrected chi connectivity index (χ1v) is 13.8. The lowest BCUT2D eigenvalue weighted by molar-refractivity contribution is -0.143. The Hall–Kier alpha value is -2.33. The molecule has 0 aromatic carbocycles. The van der Waals surface area contributed by atoms with Crippen LogP contribution in [0, 0.1) is 5.92 Å². The molecule has 1 fully saturated rings. The van der Waals surface area contributed by atoms with Crippen LogP contribution in [0.4, 0.5) is 8.78 Å². The third-order valence-electron chi connectivity index (χ3n) is 7.36. The van der Waals surface area contributed by atoms with Gasteiger partial charge >= 0.3 is 0 Å². The number of aromatic nitrogens is 1. The second kappa shape index (κ2) is 10.4. The molecule has 6 nitrogen and oxygen atoms in total. The van der Waals surface area contributed by atoms with E-state index in [1.165, 1.54) is 17.4 Å². The first-order valence-electron chi connectivity index (χ1n) is 12.1. The topological polar surface area (TPSA) is 82.5 Å². The normalized spacial score (nSPS) is 25.7. The number of pyridine rings is 1. The second-order valence-corrected chi connectivity index (χ2v) is 11.6. The van der Waals surface area contributed by atoms with Gasteiger partial charge in [0.2, 0.25) is 0 Å². The maximum Gasteiger partial charge on any atom is 0.281 e. The van der Waals surface area contributed by atoms with Crippen LogP contribution in [0.25, 0.3) is 0 Å². The highest BCUT2D eigenvalue weighted by atomic mass is 35.5. The van der Waals surface area contributed by atoms with Crippen molar-refractivity contribution in [2.75, 3.05) is 6.54 Å². The van der Waals surface area contributed by atoms with Crippen molar-refractivity contribution < 1.29 is 23.5 Å². The molecule has 1 atom stereocenters. The molecule has 2 aliphatic carbocycles. The summed E-state index contributed by atoms with van der Waals surface area (Å²) in [7, 11) is 0. The highest BCUT2D eigenvalue weighted by Crippen LogP contribution is 2.47. The summed E-state index contributed by atoms with van der Waals surface area (Å²) in [6, 6.07) is 2.67. The molecule has 2 aromatic heterocycles. The Morgan fingerprint density at radius 2 is 2.03 bits per heavy atom. The van der Waals surface area contributed by atoms with Gasteiger partial charge in [0.05, 0.1) is 14.9 Å². The van der Waals surface area contributed by atoms with Gasteiger partial charge in [-0.1, -0.05) is 35.4 Å². The van der Waals surface area contributed by atoms with Crippen molar-refractivity contribution in [3.05, 3.63) is 73.3 Å². The molecule has 2 N–H and O–H groups in total. The Kier molecular flexibility index (Phi) is 7.42. The highest BCUT2D eigenvalue weighted by Gasteiger charge is 2.52. The van der Waals surface area contributed by atoms with Gasteiger partial charge in [0.15, 0.2) is 5.60 Å². The number of thiophene rings is 1. The summed E-state index contributed by atoms with van der Waals surface area (Å²) < 4.78 is 27.1. The fourth-order valence-corrected chi connectivity index (χ4v) is 6.57. The van der Waals surface area contributed by atoms with E-state index in [-0.39, 0.29) is 28.5 Å². The predicted octanol–water partition coefficient (Wildman–Crippen LogP) is 6.01.